The number of aryl methyl sites for hydroxylation is 2. The first-order valence-electron chi connectivity index (χ1n) is 7.69. The van der Waals surface area contributed by atoms with Gasteiger partial charge < -0.3 is 16.4 Å². The summed E-state index contributed by atoms with van der Waals surface area (Å²) in [5.74, 6) is 1.11. The van der Waals surface area contributed by atoms with Crippen LogP contribution in [0.1, 0.15) is 26.8 Å². The average molecular weight is 354 g/mol. The molecule has 0 bridgehead atoms. The van der Waals surface area contributed by atoms with Crippen molar-refractivity contribution >= 4 is 33.9 Å². The number of benzene rings is 1. The summed E-state index contributed by atoms with van der Waals surface area (Å²) in [4.78, 5) is 25.7. The second kappa shape index (κ2) is 7.37. The number of nitrogens with one attached hydrogen (secondary N) is 2. The smallest absolute Gasteiger partial charge is 0.267 e. The van der Waals surface area contributed by atoms with Crippen LogP contribution in [0.15, 0.2) is 36.5 Å². The van der Waals surface area contributed by atoms with E-state index in [1.807, 2.05) is 44.2 Å². The molecule has 0 saturated carbocycles. The van der Waals surface area contributed by atoms with Gasteiger partial charge in [-0.05, 0) is 25.5 Å². The molecule has 0 spiro atoms. The predicted octanol–water partition coefficient (Wildman–Crippen LogP) is 3.00. The quantitative estimate of drug-likeness (QED) is 0.650. The van der Waals surface area contributed by atoms with Gasteiger partial charge in [-0.1, -0.05) is 29.5 Å². The fraction of sp³-hybridized carbons (Fsp3) is 0.176. The van der Waals surface area contributed by atoms with E-state index in [4.69, 9.17) is 5.73 Å². The molecule has 7 nitrogen and oxygen atoms in total. The molecule has 0 aliphatic rings. The number of hydrogen-bond donors (Lipinski definition) is 3. The van der Waals surface area contributed by atoms with Crippen LogP contribution in [0.3, 0.4) is 0 Å². The lowest BCUT2D eigenvalue weighted by atomic mass is 10.2. The van der Waals surface area contributed by atoms with Gasteiger partial charge in [0.05, 0.1) is 6.20 Å². The summed E-state index contributed by atoms with van der Waals surface area (Å²) in [6.45, 7) is 4.08. The Morgan fingerprint density at radius 1 is 1.24 bits per heavy atom. The van der Waals surface area contributed by atoms with Crippen LogP contribution in [-0.2, 0) is 6.54 Å². The Labute approximate surface area is 149 Å². The van der Waals surface area contributed by atoms with E-state index in [1.165, 1.54) is 17.5 Å². The minimum atomic E-state index is -0.221. The van der Waals surface area contributed by atoms with E-state index in [1.54, 1.807) is 0 Å². The predicted molar refractivity (Wildman–Crippen MR) is 99.2 cm³/mol. The third-order valence-corrected chi connectivity index (χ3v) is 4.33. The van der Waals surface area contributed by atoms with E-state index in [2.05, 4.69) is 25.6 Å². The number of rotatable bonds is 5. The molecule has 2 heterocycles. The summed E-state index contributed by atoms with van der Waals surface area (Å²) in [6.07, 6.45) is 1.54. The normalized spacial score (nSPS) is 10.5. The topological polar surface area (TPSA) is 106 Å². The maximum atomic E-state index is 12.4. The van der Waals surface area contributed by atoms with Crippen molar-refractivity contribution in [2.24, 2.45) is 5.73 Å². The highest BCUT2D eigenvalue weighted by Crippen LogP contribution is 2.23. The number of nitrogens with two attached hydrogens (primary N) is 1. The molecule has 128 valence electrons. The van der Waals surface area contributed by atoms with Crippen LogP contribution in [-0.4, -0.2) is 20.9 Å². The van der Waals surface area contributed by atoms with Crippen molar-refractivity contribution in [3.05, 3.63) is 58.5 Å². The maximum Gasteiger partial charge on any atom is 0.267 e. The van der Waals surface area contributed by atoms with E-state index in [0.717, 1.165) is 11.3 Å². The number of anilines is 3. The van der Waals surface area contributed by atoms with Crippen molar-refractivity contribution in [1.29, 1.82) is 0 Å². The molecular formula is C17H18N6OS. The third kappa shape index (κ3) is 4.17. The summed E-state index contributed by atoms with van der Waals surface area (Å²) < 4.78 is 0. The van der Waals surface area contributed by atoms with Gasteiger partial charge in [0.2, 0.25) is 0 Å². The zero-order valence-corrected chi connectivity index (χ0v) is 14.7. The van der Waals surface area contributed by atoms with Gasteiger partial charge in [0.25, 0.3) is 5.91 Å². The Balaban J connectivity index is 1.73. The van der Waals surface area contributed by atoms with Crippen LogP contribution in [0.5, 0.6) is 0 Å². The second-order valence-electron chi connectivity index (χ2n) is 5.41. The van der Waals surface area contributed by atoms with E-state index >= 15 is 0 Å². The van der Waals surface area contributed by atoms with E-state index < -0.39 is 0 Å². The largest absolute Gasteiger partial charge is 0.326 e. The van der Waals surface area contributed by atoms with Gasteiger partial charge in [0.15, 0.2) is 5.13 Å². The Kier molecular flexibility index (Phi) is 5.01. The summed E-state index contributed by atoms with van der Waals surface area (Å²) in [5, 5.41) is 6.57. The van der Waals surface area contributed by atoms with Gasteiger partial charge in [-0.15, -0.1) is 0 Å². The molecule has 0 saturated heterocycles. The fourth-order valence-corrected chi connectivity index (χ4v) is 3.05. The summed E-state index contributed by atoms with van der Waals surface area (Å²) in [6, 6.07) is 9.28. The number of amides is 1. The van der Waals surface area contributed by atoms with Gasteiger partial charge in [-0.2, -0.15) is 0 Å². The van der Waals surface area contributed by atoms with Crippen LogP contribution in [0, 0.1) is 13.8 Å². The molecule has 2 aromatic heterocycles. The molecule has 3 aromatic rings. The molecule has 1 aromatic carbocycles. The minimum Gasteiger partial charge on any atom is -0.326 e. The number of hydrogen-bond acceptors (Lipinski definition) is 7. The molecule has 3 rings (SSSR count). The average Bonchev–Trinajstić information content (AvgIpc) is 3.03. The number of carbonyl (C=O) groups excluding carboxylic acids is 1. The van der Waals surface area contributed by atoms with Crippen molar-refractivity contribution < 1.29 is 4.79 Å². The molecule has 0 atom stereocenters. The first-order chi connectivity index (χ1) is 12.0. The minimum absolute atomic E-state index is 0.221. The van der Waals surface area contributed by atoms with Crippen LogP contribution in [0.4, 0.5) is 16.6 Å². The molecule has 0 unspecified atom stereocenters. The molecule has 0 radical (unpaired) electrons. The molecule has 4 N–H and O–H groups in total. The first kappa shape index (κ1) is 17.0. The van der Waals surface area contributed by atoms with Crippen molar-refractivity contribution in [1.82, 2.24) is 15.0 Å². The van der Waals surface area contributed by atoms with Gasteiger partial charge >= 0.3 is 0 Å². The number of aromatic nitrogens is 3. The van der Waals surface area contributed by atoms with E-state index in [-0.39, 0.29) is 5.91 Å². The Morgan fingerprint density at radius 2 is 2.04 bits per heavy atom. The molecule has 1 amide bonds. The van der Waals surface area contributed by atoms with E-state index in [0.29, 0.717) is 33.9 Å². The third-order valence-electron chi connectivity index (χ3n) is 3.42. The number of carbonyl (C=O) groups is 1. The Morgan fingerprint density at radius 3 is 2.80 bits per heavy atom. The molecule has 25 heavy (non-hydrogen) atoms. The Hall–Kier alpha value is -2.84. The monoisotopic (exact) mass is 354 g/mol. The zero-order valence-electron chi connectivity index (χ0n) is 13.9. The van der Waals surface area contributed by atoms with Crippen molar-refractivity contribution in [3.8, 4) is 0 Å². The summed E-state index contributed by atoms with van der Waals surface area (Å²) in [7, 11) is 0. The van der Waals surface area contributed by atoms with Crippen LogP contribution in [0.2, 0.25) is 0 Å². The maximum absolute atomic E-state index is 12.4. The molecular weight excluding hydrogens is 336 g/mol. The lowest BCUT2D eigenvalue weighted by Gasteiger charge is -2.08. The molecule has 0 aliphatic carbocycles. The number of nitrogens with zero attached hydrogens (tertiary/aromatic N) is 3. The van der Waals surface area contributed by atoms with Crippen LogP contribution < -0.4 is 16.4 Å². The highest BCUT2D eigenvalue weighted by Gasteiger charge is 2.13. The zero-order chi connectivity index (χ0) is 17.8. The highest BCUT2D eigenvalue weighted by atomic mass is 32.1. The molecule has 8 heteroatoms. The summed E-state index contributed by atoms with van der Waals surface area (Å²) >= 11 is 1.25. The van der Waals surface area contributed by atoms with Gasteiger partial charge in [-0.3, -0.25) is 4.79 Å². The number of thiazole rings is 1. The lowest BCUT2D eigenvalue weighted by Crippen LogP contribution is -2.13. The standard InChI is InChI=1S/C17H18N6OS/c1-10-7-15(21-11(2)20-10)23-17-19-9-14(25-17)16(24)22-13-6-4-3-5-12(13)8-18/h3-7,9H,8,18H2,1-2H3,(H,22,24)(H,19,20,21,23). The van der Waals surface area contributed by atoms with Crippen molar-refractivity contribution in [2.45, 2.75) is 20.4 Å². The molecule has 0 aliphatic heterocycles. The van der Waals surface area contributed by atoms with Crippen LogP contribution in [0.25, 0.3) is 0 Å². The van der Waals surface area contributed by atoms with Gasteiger partial charge in [0, 0.05) is 24.0 Å². The number of para-hydroxylation sites is 1. The SMILES string of the molecule is Cc1cc(Nc2ncc(C(=O)Nc3ccccc3CN)s2)nc(C)n1. The Bertz CT molecular complexity index is 887. The fourth-order valence-electron chi connectivity index (χ4n) is 2.33. The second-order valence-corrected chi connectivity index (χ2v) is 6.44. The van der Waals surface area contributed by atoms with Gasteiger partial charge in [0.1, 0.15) is 16.5 Å². The van der Waals surface area contributed by atoms with Gasteiger partial charge in [-0.25, -0.2) is 15.0 Å². The van der Waals surface area contributed by atoms with Crippen molar-refractivity contribution in [3.63, 3.8) is 0 Å². The lowest BCUT2D eigenvalue weighted by molar-refractivity contribution is 0.103. The van der Waals surface area contributed by atoms with Crippen molar-refractivity contribution in [2.75, 3.05) is 10.6 Å². The van der Waals surface area contributed by atoms with Crippen LogP contribution >= 0.6 is 11.3 Å². The van der Waals surface area contributed by atoms with E-state index in [9.17, 15) is 4.79 Å². The highest BCUT2D eigenvalue weighted by molar-refractivity contribution is 7.17. The first-order valence-corrected chi connectivity index (χ1v) is 8.51. The molecule has 0 fully saturated rings. The summed E-state index contributed by atoms with van der Waals surface area (Å²) in [5.41, 5.74) is 8.15.